The van der Waals surface area contributed by atoms with E-state index in [4.69, 9.17) is 15.6 Å². The lowest BCUT2D eigenvalue weighted by atomic mass is 10.1. The van der Waals surface area contributed by atoms with Gasteiger partial charge in [0.05, 0.1) is 6.04 Å². The minimum absolute atomic E-state index is 0.230. The molecule has 1 amide bonds. The van der Waals surface area contributed by atoms with Gasteiger partial charge in [-0.15, -0.1) is 0 Å². The minimum atomic E-state index is -1.08. The molecule has 0 bridgehead atoms. The molecule has 6 heteroatoms. The van der Waals surface area contributed by atoms with Crippen molar-refractivity contribution < 1.29 is 19.4 Å². The number of hydrogen-bond donors (Lipinski definition) is 3. The van der Waals surface area contributed by atoms with Crippen LogP contribution in [0.4, 0.5) is 0 Å². The lowest BCUT2D eigenvalue weighted by molar-refractivity contribution is -0.142. The van der Waals surface area contributed by atoms with Crippen molar-refractivity contribution in [3.8, 4) is 0 Å². The van der Waals surface area contributed by atoms with E-state index in [0.717, 1.165) is 0 Å². The number of carboxylic acid groups (broad SMARTS) is 1. The van der Waals surface area contributed by atoms with Gasteiger partial charge in [0, 0.05) is 20.1 Å². The van der Waals surface area contributed by atoms with Crippen molar-refractivity contribution in [1.29, 1.82) is 0 Å². The normalized spacial score (nSPS) is 14.3. The summed E-state index contributed by atoms with van der Waals surface area (Å²) < 4.78 is 4.74. The van der Waals surface area contributed by atoms with Crippen LogP contribution in [-0.4, -0.2) is 42.8 Å². The molecule has 0 aliphatic carbocycles. The second-order valence-corrected chi connectivity index (χ2v) is 3.20. The molecular weight excluding hydrogens is 200 g/mol. The summed E-state index contributed by atoms with van der Waals surface area (Å²) in [5, 5.41) is 11.2. The van der Waals surface area contributed by atoms with Crippen LogP contribution in [-0.2, 0) is 14.3 Å². The first-order chi connectivity index (χ1) is 7.02. The van der Waals surface area contributed by atoms with Crippen LogP contribution in [0.3, 0.4) is 0 Å². The van der Waals surface area contributed by atoms with E-state index in [1.807, 2.05) is 0 Å². The van der Waals surface area contributed by atoms with Crippen molar-refractivity contribution in [1.82, 2.24) is 5.32 Å². The molecule has 0 heterocycles. The van der Waals surface area contributed by atoms with E-state index in [1.54, 1.807) is 6.92 Å². The molecule has 6 nitrogen and oxygen atoms in total. The second-order valence-electron chi connectivity index (χ2n) is 3.20. The molecule has 0 fully saturated rings. The third kappa shape index (κ3) is 5.34. The van der Waals surface area contributed by atoms with E-state index in [1.165, 1.54) is 7.11 Å². The number of nitrogens with one attached hydrogen (secondary N) is 1. The van der Waals surface area contributed by atoms with E-state index in [2.05, 4.69) is 5.32 Å². The summed E-state index contributed by atoms with van der Waals surface area (Å²) in [5.74, 6) is -1.52. The smallest absolute Gasteiger partial charge is 0.326 e. The summed E-state index contributed by atoms with van der Waals surface area (Å²) in [6, 6.07) is -1.59. The van der Waals surface area contributed by atoms with Gasteiger partial charge in [0.25, 0.3) is 0 Å². The average Bonchev–Trinajstić information content (AvgIpc) is 2.22. The number of methoxy groups -OCH3 is 1. The van der Waals surface area contributed by atoms with Crippen LogP contribution in [0.1, 0.15) is 19.8 Å². The van der Waals surface area contributed by atoms with Crippen LogP contribution >= 0.6 is 0 Å². The second kappa shape index (κ2) is 7.19. The van der Waals surface area contributed by atoms with Crippen LogP contribution < -0.4 is 11.1 Å². The zero-order valence-electron chi connectivity index (χ0n) is 9.03. The summed E-state index contributed by atoms with van der Waals surface area (Å²) in [6.45, 7) is 2.04. The molecule has 0 saturated heterocycles. The van der Waals surface area contributed by atoms with Gasteiger partial charge in [-0.25, -0.2) is 4.79 Å². The third-order valence-corrected chi connectivity index (χ3v) is 2.00. The Morgan fingerprint density at radius 2 is 2.13 bits per heavy atom. The Morgan fingerprint density at radius 1 is 1.53 bits per heavy atom. The van der Waals surface area contributed by atoms with Crippen molar-refractivity contribution in [3.63, 3.8) is 0 Å². The summed E-state index contributed by atoms with van der Waals surface area (Å²) >= 11 is 0. The molecule has 0 radical (unpaired) electrons. The number of nitrogens with two attached hydrogens (primary N) is 1. The predicted molar refractivity (Wildman–Crippen MR) is 54.3 cm³/mol. The van der Waals surface area contributed by atoms with Gasteiger partial charge in [0.1, 0.15) is 6.04 Å². The van der Waals surface area contributed by atoms with E-state index >= 15 is 0 Å². The monoisotopic (exact) mass is 218 g/mol. The van der Waals surface area contributed by atoms with Crippen molar-refractivity contribution in [3.05, 3.63) is 0 Å². The maximum atomic E-state index is 11.3. The van der Waals surface area contributed by atoms with Crippen LogP contribution in [0, 0.1) is 0 Å². The Balaban J connectivity index is 4.16. The molecule has 2 atom stereocenters. The maximum Gasteiger partial charge on any atom is 0.326 e. The Labute approximate surface area is 88.8 Å². The van der Waals surface area contributed by atoms with Crippen LogP contribution in [0.2, 0.25) is 0 Å². The molecule has 4 N–H and O–H groups in total. The number of carbonyl (C=O) groups is 2. The van der Waals surface area contributed by atoms with Crippen molar-refractivity contribution >= 4 is 11.9 Å². The summed E-state index contributed by atoms with van der Waals surface area (Å²) in [5.41, 5.74) is 5.46. The molecule has 0 rings (SSSR count). The van der Waals surface area contributed by atoms with E-state index in [0.29, 0.717) is 6.42 Å². The Bertz CT molecular complexity index is 220. The largest absolute Gasteiger partial charge is 0.480 e. The molecule has 2 unspecified atom stereocenters. The van der Waals surface area contributed by atoms with Gasteiger partial charge in [-0.2, -0.15) is 0 Å². The first-order valence-corrected chi connectivity index (χ1v) is 4.80. The molecule has 0 spiro atoms. The van der Waals surface area contributed by atoms with Gasteiger partial charge in [-0.3, -0.25) is 4.79 Å². The number of amides is 1. The number of carbonyl (C=O) groups excluding carboxylic acids is 1. The van der Waals surface area contributed by atoms with E-state index in [9.17, 15) is 9.59 Å². The lowest BCUT2D eigenvalue weighted by Crippen LogP contribution is -2.48. The minimum Gasteiger partial charge on any atom is -0.480 e. The molecule has 0 aromatic rings. The number of rotatable bonds is 7. The number of ether oxygens (including phenoxy) is 1. The fourth-order valence-corrected chi connectivity index (χ4v) is 0.957. The van der Waals surface area contributed by atoms with E-state index < -0.39 is 24.0 Å². The van der Waals surface area contributed by atoms with Gasteiger partial charge in [-0.05, 0) is 6.42 Å². The molecule has 88 valence electrons. The first-order valence-electron chi connectivity index (χ1n) is 4.80. The lowest BCUT2D eigenvalue weighted by Gasteiger charge is -2.16. The van der Waals surface area contributed by atoms with Gasteiger partial charge < -0.3 is 20.9 Å². The van der Waals surface area contributed by atoms with Crippen LogP contribution in [0.15, 0.2) is 0 Å². The Hall–Kier alpha value is -1.14. The molecular formula is C9H18N2O4. The highest BCUT2D eigenvalue weighted by Crippen LogP contribution is 1.95. The Kier molecular flexibility index (Phi) is 6.64. The fraction of sp³-hybridized carbons (Fsp3) is 0.778. The Morgan fingerprint density at radius 3 is 2.53 bits per heavy atom. The standard InChI is InChI=1S/C9H18N2O4/c1-3-6(10)8(12)11-7(9(13)14)4-5-15-2/h6-7H,3-5,10H2,1-2H3,(H,11,12)(H,13,14). The molecule has 0 aliphatic heterocycles. The van der Waals surface area contributed by atoms with Gasteiger partial charge >= 0.3 is 5.97 Å². The number of hydrogen-bond acceptors (Lipinski definition) is 4. The summed E-state index contributed by atoms with van der Waals surface area (Å²) in [7, 11) is 1.47. The zero-order chi connectivity index (χ0) is 11.8. The summed E-state index contributed by atoms with van der Waals surface area (Å²) in [6.07, 6.45) is 0.705. The maximum absolute atomic E-state index is 11.3. The molecule has 0 aromatic carbocycles. The first kappa shape index (κ1) is 13.9. The van der Waals surface area contributed by atoms with E-state index in [-0.39, 0.29) is 13.0 Å². The summed E-state index contributed by atoms with van der Waals surface area (Å²) in [4.78, 5) is 22.1. The molecule has 0 aliphatic rings. The number of carboxylic acids is 1. The highest BCUT2D eigenvalue weighted by atomic mass is 16.5. The highest BCUT2D eigenvalue weighted by Gasteiger charge is 2.21. The SMILES string of the molecule is CCC(N)C(=O)NC(CCOC)C(=O)O. The molecule has 0 saturated carbocycles. The third-order valence-electron chi connectivity index (χ3n) is 2.00. The molecule has 15 heavy (non-hydrogen) atoms. The van der Waals surface area contributed by atoms with Crippen molar-refractivity contribution in [2.45, 2.75) is 31.8 Å². The zero-order valence-corrected chi connectivity index (χ0v) is 9.03. The average molecular weight is 218 g/mol. The number of aliphatic carboxylic acids is 1. The van der Waals surface area contributed by atoms with Crippen LogP contribution in [0.25, 0.3) is 0 Å². The highest BCUT2D eigenvalue weighted by molar-refractivity contribution is 5.86. The van der Waals surface area contributed by atoms with Crippen molar-refractivity contribution in [2.75, 3.05) is 13.7 Å². The molecule has 0 aromatic heterocycles. The van der Waals surface area contributed by atoms with Crippen molar-refractivity contribution in [2.24, 2.45) is 5.73 Å². The van der Waals surface area contributed by atoms with Gasteiger partial charge in [0.15, 0.2) is 0 Å². The predicted octanol–water partition coefficient (Wildman–Crippen LogP) is -0.670. The topological polar surface area (TPSA) is 102 Å². The van der Waals surface area contributed by atoms with Gasteiger partial charge in [0.2, 0.25) is 5.91 Å². The van der Waals surface area contributed by atoms with Gasteiger partial charge in [-0.1, -0.05) is 6.92 Å². The quantitative estimate of drug-likeness (QED) is 0.526. The van der Waals surface area contributed by atoms with Crippen LogP contribution in [0.5, 0.6) is 0 Å². The fourth-order valence-electron chi connectivity index (χ4n) is 0.957.